The van der Waals surface area contributed by atoms with E-state index in [0.717, 1.165) is 0 Å². The Morgan fingerprint density at radius 1 is 0.944 bits per heavy atom. The number of anilines is 1. The zero-order valence-electron chi connectivity index (χ0n) is 10.8. The Hall–Kier alpha value is -1.96. The van der Waals surface area contributed by atoms with Crippen molar-refractivity contribution in [1.29, 1.82) is 0 Å². The van der Waals surface area contributed by atoms with E-state index in [0.29, 0.717) is 6.85 Å². The van der Waals surface area contributed by atoms with Gasteiger partial charge in [-0.1, -0.05) is 60.9 Å². The molecule has 1 aliphatic heterocycles. The number of fused-ring (bicyclic) bond motifs is 1. The van der Waals surface area contributed by atoms with E-state index in [9.17, 15) is 0 Å². The van der Waals surface area contributed by atoms with Gasteiger partial charge in [-0.3, -0.25) is 0 Å². The number of hydrogen-bond acceptors (Lipinski definition) is 1. The third-order valence-electron chi connectivity index (χ3n) is 3.50. The number of benzene rings is 2. The highest BCUT2D eigenvalue weighted by Crippen LogP contribution is 2.30. The van der Waals surface area contributed by atoms with Crippen molar-refractivity contribution in [3.8, 4) is 0 Å². The third-order valence-corrected chi connectivity index (χ3v) is 3.50. The maximum atomic E-state index is 3.55. The minimum absolute atomic E-state index is 0.350. The van der Waals surface area contributed by atoms with E-state index in [1.54, 1.807) is 0 Å². The number of nitrogens with one attached hydrogen (secondary N) is 1. The Labute approximate surface area is 109 Å². The van der Waals surface area contributed by atoms with Crippen LogP contribution >= 0.6 is 0 Å². The highest BCUT2D eigenvalue weighted by Gasteiger charge is 2.21. The van der Waals surface area contributed by atoms with Crippen LogP contribution in [0.3, 0.4) is 0 Å². The lowest BCUT2D eigenvalue weighted by molar-refractivity contribution is 1.46. The standard InChI is InChI=1S/C16H16BN/c1-12-7-9-13(10-8-12)15-11-14-5-3-4-6-16(14)18-17(15)2/h3-11,18H,1-2H3. The topological polar surface area (TPSA) is 12.0 Å². The first-order valence-electron chi connectivity index (χ1n) is 6.38. The number of para-hydroxylation sites is 1. The fraction of sp³-hybridized carbons (Fsp3) is 0.125. The summed E-state index contributed by atoms with van der Waals surface area (Å²) in [5, 5.41) is 3.55. The lowest BCUT2D eigenvalue weighted by Gasteiger charge is -2.23. The van der Waals surface area contributed by atoms with Gasteiger partial charge in [-0.15, -0.1) is 0 Å². The molecule has 0 saturated carbocycles. The molecule has 2 heteroatoms. The number of aryl methyl sites for hydroxylation is 1. The van der Waals surface area contributed by atoms with Gasteiger partial charge in [0, 0.05) is 5.69 Å². The van der Waals surface area contributed by atoms with Gasteiger partial charge in [0.05, 0.1) is 0 Å². The minimum Gasteiger partial charge on any atom is -0.424 e. The van der Waals surface area contributed by atoms with E-state index < -0.39 is 0 Å². The van der Waals surface area contributed by atoms with Gasteiger partial charge in [-0.25, -0.2) is 0 Å². The summed E-state index contributed by atoms with van der Waals surface area (Å²) in [7, 11) is 0. The van der Waals surface area contributed by atoms with Crippen LogP contribution in [0.2, 0.25) is 6.82 Å². The zero-order valence-corrected chi connectivity index (χ0v) is 10.8. The fourth-order valence-corrected chi connectivity index (χ4v) is 2.44. The SMILES string of the molecule is CB1Nc2ccccc2C=C1c1ccc(C)cc1. The smallest absolute Gasteiger partial charge is 0.283 e. The Balaban J connectivity index is 2.07. The predicted octanol–water partition coefficient (Wildman–Crippen LogP) is 4.12. The van der Waals surface area contributed by atoms with E-state index in [1.807, 2.05) is 0 Å². The van der Waals surface area contributed by atoms with Crippen molar-refractivity contribution in [2.75, 3.05) is 5.23 Å². The molecule has 0 amide bonds. The van der Waals surface area contributed by atoms with Crippen LogP contribution in [0.4, 0.5) is 5.69 Å². The second-order valence-electron chi connectivity index (χ2n) is 4.92. The summed E-state index contributed by atoms with van der Waals surface area (Å²) in [4.78, 5) is 0. The monoisotopic (exact) mass is 233 g/mol. The van der Waals surface area contributed by atoms with E-state index in [2.05, 4.69) is 73.6 Å². The summed E-state index contributed by atoms with van der Waals surface area (Å²) in [5.41, 5.74) is 6.45. The molecule has 0 bridgehead atoms. The molecule has 1 nitrogen and oxygen atoms in total. The van der Waals surface area contributed by atoms with Crippen LogP contribution in [0.25, 0.3) is 11.5 Å². The number of rotatable bonds is 1. The minimum atomic E-state index is 0.350. The van der Waals surface area contributed by atoms with E-state index in [-0.39, 0.29) is 0 Å². The van der Waals surface area contributed by atoms with Crippen LogP contribution in [0.15, 0.2) is 48.5 Å². The zero-order chi connectivity index (χ0) is 12.5. The molecule has 0 atom stereocenters. The summed E-state index contributed by atoms with van der Waals surface area (Å²) in [6.45, 7) is 4.68. The van der Waals surface area contributed by atoms with Crippen LogP contribution in [-0.2, 0) is 0 Å². The Bertz CT molecular complexity index is 599. The molecule has 0 unspecified atom stereocenters. The molecule has 3 rings (SSSR count). The van der Waals surface area contributed by atoms with Gasteiger partial charge in [0.1, 0.15) is 0 Å². The van der Waals surface area contributed by atoms with Crippen LogP contribution in [0, 0.1) is 6.92 Å². The molecule has 2 aromatic carbocycles. The molecule has 0 aliphatic carbocycles. The van der Waals surface area contributed by atoms with E-state index in [1.165, 1.54) is 27.9 Å². The summed E-state index contributed by atoms with van der Waals surface area (Å²) >= 11 is 0. The quantitative estimate of drug-likeness (QED) is 0.730. The maximum absolute atomic E-state index is 3.55. The first-order chi connectivity index (χ1) is 8.74. The highest BCUT2D eigenvalue weighted by atomic mass is 14.8. The third kappa shape index (κ3) is 1.95. The molecule has 0 fully saturated rings. The largest absolute Gasteiger partial charge is 0.424 e. The van der Waals surface area contributed by atoms with Crippen LogP contribution in [-0.4, -0.2) is 6.85 Å². The average molecular weight is 233 g/mol. The normalized spacial score (nSPS) is 13.7. The second-order valence-corrected chi connectivity index (χ2v) is 4.92. The van der Waals surface area contributed by atoms with Gasteiger partial charge in [0.15, 0.2) is 0 Å². The second kappa shape index (κ2) is 4.38. The van der Waals surface area contributed by atoms with Gasteiger partial charge < -0.3 is 5.23 Å². The lowest BCUT2D eigenvalue weighted by atomic mass is 9.53. The molecule has 1 N–H and O–H groups in total. The van der Waals surface area contributed by atoms with Crippen molar-refractivity contribution in [2.24, 2.45) is 0 Å². The summed E-state index contributed by atoms with van der Waals surface area (Å²) in [5.74, 6) is 0. The molecule has 1 aliphatic rings. The first-order valence-corrected chi connectivity index (χ1v) is 6.38. The van der Waals surface area contributed by atoms with Gasteiger partial charge >= 0.3 is 0 Å². The van der Waals surface area contributed by atoms with Crippen molar-refractivity contribution in [1.82, 2.24) is 0 Å². The van der Waals surface area contributed by atoms with Crippen LogP contribution < -0.4 is 5.23 Å². The Morgan fingerprint density at radius 2 is 1.67 bits per heavy atom. The molecule has 0 saturated heterocycles. The molecule has 1 heterocycles. The summed E-state index contributed by atoms with van der Waals surface area (Å²) < 4.78 is 0. The fourth-order valence-electron chi connectivity index (χ4n) is 2.44. The maximum Gasteiger partial charge on any atom is 0.283 e. The molecule has 18 heavy (non-hydrogen) atoms. The van der Waals surface area contributed by atoms with Gasteiger partial charge in [-0.2, -0.15) is 0 Å². The average Bonchev–Trinajstić information content (AvgIpc) is 2.39. The first kappa shape index (κ1) is 11.2. The van der Waals surface area contributed by atoms with Gasteiger partial charge in [0.25, 0.3) is 6.85 Å². The Morgan fingerprint density at radius 3 is 2.44 bits per heavy atom. The highest BCUT2D eigenvalue weighted by molar-refractivity contribution is 6.82. The summed E-state index contributed by atoms with van der Waals surface area (Å²) in [6.07, 6.45) is 2.29. The molecule has 0 spiro atoms. The lowest BCUT2D eigenvalue weighted by Crippen LogP contribution is -2.26. The Kier molecular flexibility index (Phi) is 2.71. The molecular formula is C16H16BN. The molecule has 0 aromatic heterocycles. The van der Waals surface area contributed by atoms with Crippen molar-refractivity contribution in [3.05, 3.63) is 65.2 Å². The molecular weight excluding hydrogens is 217 g/mol. The van der Waals surface area contributed by atoms with Crippen molar-refractivity contribution in [3.63, 3.8) is 0 Å². The van der Waals surface area contributed by atoms with Crippen molar-refractivity contribution < 1.29 is 0 Å². The van der Waals surface area contributed by atoms with Gasteiger partial charge in [0.2, 0.25) is 0 Å². The summed E-state index contributed by atoms with van der Waals surface area (Å²) in [6, 6.07) is 17.2. The van der Waals surface area contributed by atoms with Crippen LogP contribution in [0.5, 0.6) is 0 Å². The van der Waals surface area contributed by atoms with Gasteiger partial charge in [-0.05, 0) is 29.6 Å². The predicted molar refractivity (Wildman–Crippen MR) is 80.7 cm³/mol. The van der Waals surface area contributed by atoms with Crippen molar-refractivity contribution in [2.45, 2.75) is 13.7 Å². The van der Waals surface area contributed by atoms with E-state index >= 15 is 0 Å². The van der Waals surface area contributed by atoms with Crippen molar-refractivity contribution >= 4 is 24.1 Å². The molecule has 2 aromatic rings. The molecule has 0 radical (unpaired) electrons. The van der Waals surface area contributed by atoms with E-state index in [4.69, 9.17) is 0 Å². The number of hydrogen-bond donors (Lipinski definition) is 1. The molecule has 88 valence electrons. The van der Waals surface area contributed by atoms with Crippen LogP contribution in [0.1, 0.15) is 16.7 Å².